The molecule has 0 atom stereocenters. The van der Waals surface area contributed by atoms with Crippen molar-refractivity contribution in [3.05, 3.63) is 76.9 Å². The van der Waals surface area contributed by atoms with Gasteiger partial charge >= 0.3 is 5.97 Å². The Morgan fingerprint density at radius 2 is 1.77 bits per heavy atom. The Morgan fingerprint density at radius 3 is 2.50 bits per heavy atom. The molecule has 2 heteroatoms. The maximum absolute atomic E-state index is 11.4. The molecular formula is C20H20O2. The molecule has 0 saturated heterocycles. The molecule has 2 rings (SSSR count). The van der Waals surface area contributed by atoms with E-state index in [1.807, 2.05) is 30.3 Å². The maximum Gasteiger partial charge on any atom is 0.330 e. The van der Waals surface area contributed by atoms with Crippen LogP contribution in [0.15, 0.2) is 54.6 Å². The van der Waals surface area contributed by atoms with Crippen molar-refractivity contribution >= 4 is 24.2 Å². The van der Waals surface area contributed by atoms with Gasteiger partial charge in [-0.3, -0.25) is 0 Å². The van der Waals surface area contributed by atoms with Crippen molar-refractivity contribution in [1.29, 1.82) is 0 Å². The number of ether oxygens (including phenoxy) is 1. The number of esters is 1. The van der Waals surface area contributed by atoms with Crippen molar-refractivity contribution < 1.29 is 9.53 Å². The summed E-state index contributed by atoms with van der Waals surface area (Å²) in [6.45, 7) is 4.24. The normalized spacial score (nSPS) is 11.2. The largest absolute Gasteiger partial charge is 0.463 e. The van der Waals surface area contributed by atoms with Crippen LogP contribution < -0.4 is 0 Å². The van der Waals surface area contributed by atoms with Gasteiger partial charge in [0, 0.05) is 6.08 Å². The summed E-state index contributed by atoms with van der Waals surface area (Å²) >= 11 is 0. The number of carbonyl (C=O) groups excluding carboxylic acids is 1. The van der Waals surface area contributed by atoms with Gasteiger partial charge in [-0.2, -0.15) is 0 Å². The lowest BCUT2D eigenvalue weighted by atomic mass is 10.0. The quantitative estimate of drug-likeness (QED) is 0.452. The fraction of sp³-hybridized carbons (Fsp3) is 0.150. The molecule has 2 aromatic rings. The number of hydrogen-bond donors (Lipinski definition) is 0. The molecular weight excluding hydrogens is 272 g/mol. The van der Waals surface area contributed by atoms with Crippen molar-refractivity contribution in [1.82, 2.24) is 0 Å². The highest BCUT2D eigenvalue weighted by molar-refractivity contribution is 5.88. The highest BCUT2D eigenvalue weighted by atomic mass is 16.5. The van der Waals surface area contributed by atoms with E-state index in [2.05, 4.69) is 37.3 Å². The van der Waals surface area contributed by atoms with Crippen LogP contribution in [0.2, 0.25) is 0 Å². The molecule has 2 aromatic carbocycles. The van der Waals surface area contributed by atoms with Crippen molar-refractivity contribution in [2.75, 3.05) is 6.61 Å². The highest BCUT2D eigenvalue weighted by Gasteiger charge is 1.99. The minimum absolute atomic E-state index is 0.318. The number of rotatable bonds is 5. The number of hydrogen-bond acceptors (Lipinski definition) is 2. The minimum Gasteiger partial charge on any atom is -0.463 e. The summed E-state index contributed by atoms with van der Waals surface area (Å²) in [7, 11) is 0. The molecule has 0 radical (unpaired) electrons. The summed E-state index contributed by atoms with van der Waals surface area (Å²) in [6, 6.07) is 16.3. The van der Waals surface area contributed by atoms with E-state index in [1.54, 1.807) is 13.0 Å². The van der Waals surface area contributed by atoms with E-state index >= 15 is 0 Å². The standard InChI is InChI=1S/C20H20O2/c1-3-22-20(21)14-13-18-11-9-16(2)15-19(18)12-10-17-7-5-4-6-8-17/h4-15H,3H2,1-2H3/b12-10+,14-13+. The predicted octanol–water partition coefficient (Wildman–Crippen LogP) is 4.74. The van der Waals surface area contributed by atoms with E-state index in [-0.39, 0.29) is 5.97 Å². The van der Waals surface area contributed by atoms with Gasteiger partial charge in [-0.1, -0.05) is 66.2 Å². The van der Waals surface area contributed by atoms with E-state index in [9.17, 15) is 4.79 Å². The zero-order valence-electron chi connectivity index (χ0n) is 13.0. The third-order valence-corrected chi connectivity index (χ3v) is 3.18. The number of aryl methyl sites for hydroxylation is 1. The Hall–Kier alpha value is -2.61. The molecule has 0 N–H and O–H groups in total. The van der Waals surface area contributed by atoms with Crippen LogP contribution in [-0.2, 0) is 9.53 Å². The predicted molar refractivity (Wildman–Crippen MR) is 92.2 cm³/mol. The summed E-state index contributed by atoms with van der Waals surface area (Å²) in [6.07, 6.45) is 7.39. The Bertz CT molecular complexity index is 682. The van der Waals surface area contributed by atoms with E-state index < -0.39 is 0 Å². The smallest absolute Gasteiger partial charge is 0.330 e. The molecule has 0 aliphatic heterocycles. The molecule has 0 aliphatic carbocycles. The Morgan fingerprint density at radius 1 is 1.00 bits per heavy atom. The van der Waals surface area contributed by atoms with E-state index in [1.165, 1.54) is 11.6 Å². The second-order valence-corrected chi connectivity index (χ2v) is 4.96. The zero-order valence-corrected chi connectivity index (χ0v) is 13.0. The van der Waals surface area contributed by atoms with Crippen LogP contribution in [0.5, 0.6) is 0 Å². The second-order valence-electron chi connectivity index (χ2n) is 4.96. The summed E-state index contributed by atoms with van der Waals surface area (Å²) in [4.78, 5) is 11.4. The van der Waals surface area contributed by atoms with Gasteiger partial charge in [-0.15, -0.1) is 0 Å². The summed E-state index contributed by atoms with van der Waals surface area (Å²) in [5, 5.41) is 0. The minimum atomic E-state index is -0.318. The first-order valence-electron chi connectivity index (χ1n) is 7.37. The van der Waals surface area contributed by atoms with Crippen LogP contribution in [0, 0.1) is 6.92 Å². The molecule has 0 unspecified atom stereocenters. The summed E-state index contributed by atoms with van der Waals surface area (Å²) < 4.78 is 4.91. The van der Waals surface area contributed by atoms with Crippen molar-refractivity contribution in [3.63, 3.8) is 0 Å². The first-order valence-corrected chi connectivity index (χ1v) is 7.37. The van der Waals surface area contributed by atoms with Gasteiger partial charge < -0.3 is 4.74 Å². The number of carbonyl (C=O) groups is 1. The van der Waals surface area contributed by atoms with Crippen LogP contribution >= 0.6 is 0 Å². The molecule has 0 saturated carbocycles. The Labute approximate surface area is 131 Å². The van der Waals surface area contributed by atoms with E-state index in [0.717, 1.165) is 16.7 Å². The fourth-order valence-electron chi connectivity index (χ4n) is 2.09. The van der Waals surface area contributed by atoms with Gasteiger partial charge in [-0.05, 0) is 36.6 Å². The zero-order chi connectivity index (χ0) is 15.8. The molecule has 2 nitrogen and oxygen atoms in total. The first kappa shape index (κ1) is 15.8. The molecule has 112 valence electrons. The van der Waals surface area contributed by atoms with Gasteiger partial charge in [0.15, 0.2) is 0 Å². The van der Waals surface area contributed by atoms with Crippen LogP contribution in [0.3, 0.4) is 0 Å². The molecule has 0 amide bonds. The van der Waals surface area contributed by atoms with E-state index in [0.29, 0.717) is 6.61 Å². The molecule has 0 spiro atoms. The summed E-state index contributed by atoms with van der Waals surface area (Å²) in [5.74, 6) is -0.318. The van der Waals surface area contributed by atoms with E-state index in [4.69, 9.17) is 4.74 Å². The molecule has 0 fully saturated rings. The first-order chi connectivity index (χ1) is 10.7. The lowest BCUT2D eigenvalue weighted by Gasteiger charge is -2.03. The molecule has 0 bridgehead atoms. The topological polar surface area (TPSA) is 26.3 Å². The van der Waals surface area contributed by atoms with Crippen LogP contribution in [-0.4, -0.2) is 12.6 Å². The van der Waals surface area contributed by atoms with Crippen molar-refractivity contribution in [2.45, 2.75) is 13.8 Å². The monoisotopic (exact) mass is 292 g/mol. The van der Waals surface area contributed by atoms with Gasteiger partial charge in [0.25, 0.3) is 0 Å². The van der Waals surface area contributed by atoms with Crippen molar-refractivity contribution in [3.8, 4) is 0 Å². The van der Waals surface area contributed by atoms with Gasteiger partial charge in [-0.25, -0.2) is 4.79 Å². The van der Waals surface area contributed by atoms with Crippen LogP contribution in [0.1, 0.15) is 29.2 Å². The second kappa shape index (κ2) is 7.99. The molecule has 22 heavy (non-hydrogen) atoms. The van der Waals surface area contributed by atoms with Crippen LogP contribution in [0.4, 0.5) is 0 Å². The third kappa shape index (κ3) is 4.74. The summed E-state index contributed by atoms with van der Waals surface area (Å²) in [5.41, 5.74) is 4.39. The average molecular weight is 292 g/mol. The SMILES string of the molecule is CCOC(=O)/C=C/c1ccc(C)cc1/C=C/c1ccccc1. The molecule has 0 heterocycles. The fourth-order valence-corrected chi connectivity index (χ4v) is 2.09. The lowest BCUT2D eigenvalue weighted by Crippen LogP contribution is -1.98. The van der Waals surface area contributed by atoms with Crippen molar-refractivity contribution in [2.24, 2.45) is 0 Å². The lowest BCUT2D eigenvalue weighted by molar-refractivity contribution is -0.137. The third-order valence-electron chi connectivity index (χ3n) is 3.18. The Balaban J connectivity index is 2.24. The van der Waals surface area contributed by atoms with Crippen LogP contribution in [0.25, 0.3) is 18.2 Å². The van der Waals surface area contributed by atoms with Gasteiger partial charge in [0.1, 0.15) is 0 Å². The molecule has 0 aromatic heterocycles. The maximum atomic E-state index is 11.4. The molecule has 0 aliphatic rings. The average Bonchev–Trinajstić information content (AvgIpc) is 2.53. The highest BCUT2D eigenvalue weighted by Crippen LogP contribution is 2.17. The number of benzene rings is 2. The van der Waals surface area contributed by atoms with Gasteiger partial charge in [0.2, 0.25) is 0 Å². The Kier molecular flexibility index (Phi) is 5.73. The van der Waals surface area contributed by atoms with Gasteiger partial charge in [0.05, 0.1) is 6.61 Å².